The first-order valence-corrected chi connectivity index (χ1v) is 7.74. The monoisotopic (exact) mass is 300 g/mol. The van der Waals surface area contributed by atoms with Gasteiger partial charge in [-0.3, -0.25) is 14.7 Å². The maximum Gasteiger partial charge on any atom is 0.343 e. The second-order valence-electron chi connectivity index (χ2n) is 5.21. The van der Waals surface area contributed by atoms with Gasteiger partial charge in [-0.1, -0.05) is 11.8 Å². The summed E-state index contributed by atoms with van der Waals surface area (Å²) in [5.74, 6) is -0.243. The Balaban J connectivity index is 1.92. The molecule has 0 saturated heterocycles. The van der Waals surface area contributed by atoms with Gasteiger partial charge in [-0.2, -0.15) is 0 Å². The molecule has 1 fully saturated rings. The minimum Gasteiger partial charge on any atom is -0.480 e. The van der Waals surface area contributed by atoms with Crippen LogP contribution in [0.4, 0.5) is 0 Å². The molecular formula is C12H20N4O3S. The Hall–Kier alpha value is -1.28. The summed E-state index contributed by atoms with van der Waals surface area (Å²) in [5.41, 5.74) is -1.14. The van der Waals surface area contributed by atoms with E-state index in [2.05, 4.69) is 15.5 Å². The van der Waals surface area contributed by atoms with Gasteiger partial charge in [0.15, 0.2) is 5.16 Å². The molecule has 7 nitrogen and oxygen atoms in total. The molecule has 1 aliphatic rings. The first-order chi connectivity index (χ1) is 9.46. The van der Waals surface area contributed by atoms with E-state index in [1.165, 1.54) is 16.3 Å². The molecule has 20 heavy (non-hydrogen) atoms. The highest BCUT2D eigenvalue weighted by Crippen LogP contribution is 2.26. The van der Waals surface area contributed by atoms with Gasteiger partial charge in [0.2, 0.25) is 0 Å². The van der Waals surface area contributed by atoms with E-state index in [9.17, 15) is 14.7 Å². The second-order valence-corrected chi connectivity index (χ2v) is 6.27. The van der Waals surface area contributed by atoms with Crippen molar-refractivity contribution in [3.8, 4) is 0 Å². The van der Waals surface area contributed by atoms with Crippen LogP contribution in [-0.2, 0) is 11.3 Å². The topological polar surface area (TPSA) is 100 Å². The SMILES string of the molecule is CCn1c(SCCC(C)(NC2CC2)C(=O)O)n[nH]c1=O. The Morgan fingerprint density at radius 3 is 2.90 bits per heavy atom. The molecule has 0 radical (unpaired) electrons. The van der Waals surface area contributed by atoms with Crippen molar-refractivity contribution in [1.29, 1.82) is 0 Å². The molecule has 1 aromatic rings. The normalized spacial score (nSPS) is 17.9. The lowest BCUT2D eigenvalue weighted by molar-refractivity contribution is -0.144. The summed E-state index contributed by atoms with van der Waals surface area (Å²) in [5, 5.41) is 19.5. The number of hydrogen-bond donors (Lipinski definition) is 3. The molecule has 1 aromatic heterocycles. The summed E-state index contributed by atoms with van der Waals surface area (Å²) in [6.45, 7) is 4.14. The number of hydrogen-bond acceptors (Lipinski definition) is 5. The molecule has 2 rings (SSSR count). The smallest absolute Gasteiger partial charge is 0.343 e. The van der Waals surface area contributed by atoms with E-state index in [1.807, 2.05) is 6.92 Å². The van der Waals surface area contributed by atoms with Crippen LogP contribution in [0.1, 0.15) is 33.1 Å². The average Bonchev–Trinajstić information content (AvgIpc) is 3.12. The molecular weight excluding hydrogens is 280 g/mol. The molecule has 1 aliphatic carbocycles. The average molecular weight is 300 g/mol. The number of aromatic nitrogens is 3. The second kappa shape index (κ2) is 6.01. The van der Waals surface area contributed by atoms with Crippen LogP contribution in [0.15, 0.2) is 9.95 Å². The van der Waals surface area contributed by atoms with Crippen molar-refractivity contribution in [3.63, 3.8) is 0 Å². The molecule has 8 heteroatoms. The van der Waals surface area contributed by atoms with Crippen molar-refractivity contribution >= 4 is 17.7 Å². The zero-order valence-corrected chi connectivity index (χ0v) is 12.5. The summed E-state index contributed by atoms with van der Waals surface area (Å²) in [6, 6.07) is 0.334. The predicted octanol–water partition coefficient (Wildman–Crippen LogP) is 0.669. The van der Waals surface area contributed by atoms with Crippen molar-refractivity contribution < 1.29 is 9.90 Å². The number of thioether (sulfide) groups is 1. The van der Waals surface area contributed by atoms with Crippen LogP contribution < -0.4 is 11.0 Å². The Morgan fingerprint density at radius 2 is 2.35 bits per heavy atom. The maximum absolute atomic E-state index is 11.4. The van der Waals surface area contributed by atoms with Crippen LogP contribution in [0.25, 0.3) is 0 Å². The van der Waals surface area contributed by atoms with E-state index in [0.29, 0.717) is 29.9 Å². The lowest BCUT2D eigenvalue weighted by atomic mass is 9.99. The predicted molar refractivity (Wildman–Crippen MR) is 76.1 cm³/mol. The van der Waals surface area contributed by atoms with Crippen molar-refractivity contribution in [2.45, 2.75) is 56.4 Å². The summed E-state index contributed by atoms with van der Waals surface area (Å²) in [7, 11) is 0. The van der Waals surface area contributed by atoms with Gasteiger partial charge < -0.3 is 5.11 Å². The van der Waals surface area contributed by atoms with Crippen LogP contribution in [-0.4, -0.2) is 43.2 Å². The van der Waals surface area contributed by atoms with Gasteiger partial charge in [0.1, 0.15) is 5.54 Å². The molecule has 1 saturated carbocycles. The Morgan fingerprint density at radius 1 is 1.65 bits per heavy atom. The third kappa shape index (κ3) is 3.43. The number of carboxylic acids is 1. The van der Waals surface area contributed by atoms with E-state index >= 15 is 0 Å². The Kier molecular flexibility index (Phi) is 4.54. The van der Waals surface area contributed by atoms with Gasteiger partial charge in [-0.15, -0.1) is 5.10 Å². The highest BCUT2D eigenvalue weighted by Gasteiger charge is 2.38. The van der Waals surface area contributed by atoms with Crippen LogP contribution in [0, 0.1) is 0 Å². The van der Waals surface area contributed by atoms with Crippen molar-refractivity contribution in [2.75, 3.05) is 5.75 Å². The summed E-state index contributed by atoms with van der Waals surface area (Å²) in [6.07, 6.45) is 2.57. The van der Waals surface area contributed by atoms with Crippen LogP contribution in [0.3, 0.4) is 0 Å². The minimum absolute atomic E-state index is 0.230. The number of nitrogens with one attached hydrogen (secondary N) is 2. The van der Waals surface area contributed by atoms with E-state index in [1.54, 1.807) is 6.92 Å². The zero-order chi connectivity index (χ0) is 14.8. The molecule has 0 spiro atoms. The van der Waals surface area contributed by atoms with Crippen LogP contribution in [0.2, 0.25) is 0 Å². The zero-order valence-electron chi connectivity index (χ0n) is 11.7. The lowest BCUT2D eigenvalue weighted by Gasteiger charge is -2.26. The standard InChI is InChI=1S/C12H20N4O3S/c1-3-16-10(19)14-15-11(16)20-7-6-12(2,9(17)18)13-8-4-5-8/h8,13H,3-7H2,1-2H3,(H,14,19)(H,17,18). The fourth-order valence-corrected chi connectivity index (χ4v) is 3.13. The summed E-state index contributed by atoms with van der Waals surface area (Å²) >= 11 is 1.40. The molecule has 3 N–H and O–H groups in total. The molecule has 1 atom stereocenters. The van der Waals surface area contributed by atoms with Crippen molar-refractivity contribution in [2.24, 2.45) is 0 Å². The van der Waals surface area contributed by atoms with E-state index in [4.69, 9.17) is 0 Å². The first-order valence-electron chi connectivity index (χ1n) is 6.75. The number of H-pyrrole nitrogens is 1. The van der Waals surface area contributed by atoms with Gasteiger partial charge in [0.05, 0.1) is 0 Å². The quantitative estimate of drug-likeness (QED) is 0.610. The van der Waals surface area contributed by atoms with E-state index < -0.39 is 11.5 Å². The van der Waals surface area contributed by atoms with Gasteiger partial charge in [-0.25, -0.2) is 9.89 Å². The third-order valence-electron chi connectivity index (χ3n) is 3.44. The number of carboxylic acid groups (broad SMARTS) is 1. The van der Waals surface area contributed by atoms with Crippen LogP contribution in [0.5, 0.6) is 0 Å². The molecule has 1 heterocycles. The van der Waals surface area contributed by atoms with Gasteiger partial charge in [0, 0.05) is 18.3 Å². The van der Waals surface area contributed by atoms with Crippen molar-refractivity contribution in [3.05, 3.63) is 10.5 Å². The van der Waals surface area contributed by atoms with Crippen LogP contribution >= 0.6 is 11.8 Å². The molecule has 112 valence electrons. The molecule has 0 amide bonds. The highest BCUT2D eigenvalue weighted by molar-refractivity contribution is 7.99. The Bertz CT molecular complexity index is 537. The fourth-order valence-electron chi connectivity index (χ4n) is 1.96. The number of carbonyl (C=O) groups is 1. The summed E-state index contributed by atoms with van der Waals surface area (Å²) < 4.78 is 1.54. The van der Waals surface area contributed by atoms with Gasteiger partial charge in [-0.05, 0) is 33.1 Å². The molecule has 0 bridgehead atoms. The van der Waals surface area contributed by atoms with Gasteiger partial charge >= 0.3 is 11.7 Å². The Labute approximate surface area is 121 Å². The summed E-state index contributed by atoms with van der Waals surface area (Å²) in [4.78, 5) is 22.8. The van der Waals surface area contributed by atoms with Crippen molar-refractivity contribution in [1.82, 2.24) is 20.1 Å². The molecule has 0 aromatic carbocycles. The number of aliphatic carboxylic acids is 1. The van der Waals surface area contributed by atoms with E-state index in [0.717, 1.165) is 12.8 Å². The number of nitrogens with zero attached hydrogens (tertiary/aromatic N) is 2. The third-order valence-corrected chi connectivity index (χ3v) is 4.42. The van der Waals surface area contributed by atoms with E-state index in [-0.39, 0.29) is 5.69 Å². The fraction of sp³-hybridized carbons (Fsp3) is 0.750. The molecule has 0 aliphatic heterocycles. The number of rotatable bonds is 8. The minimum atomic E-state index is -0.915. The number of aromatic amines is 1. The largest absolute Gasteiger partial charge is 0.480 e. The highest BCUT2D eigenvalue weighted by atomic mass is 32.2. The first kappa shape index (κ1) is 15.1. The molecule has 1 unspecified atom stereocenters. The lowest BCUT2D eigenvalue weighted by Crippen LogP contribution is -2.51. The van der Waals surface area contributed by atoms with Gasteiger partial charge in [0.25, 0.3) is 0 Å². The maximum atomic E-state index is 11.4.